The fourth-order valence-corrected chi connectivity index (χ4v) is 4.52. The summed E-state index contributed by atoms with van der Waals surface area (Å²) < 4.78 is 7.92. The molecule has 148 valence electrons. The second-order valence-electron chi connectivity index (χ2n) is 8.09. The summed E-state index contributed by atoms with van der Waals surface area (Å²) in [5.74, 6) is 0.880. The van der Waals surface area contributed by atoms with Gasteiger partial charge >= 0.3 is 0 Å². The van der Waals surface area contributed by atoms with Crippen LogP contribution in [0.2, 0.25) is 0 Å². The highest BCUT2D eigenvalue weighted by Gasteiger charge is 2.25. The van der Waals surface area contributed by atoms with Crippen LogP contribution in [0.5, 0.6) is 0 Å². The lowest BCUT2D eigenvalue weighted by atomic mass is 10.0. The smallest absolute Gasteiger partial charge is 0.225 e. The molecule has 4 aromatic rings. The Bertz CT molecular complexity index is 1200. The van der Waals surface area contributed by atoms with E-state index in [1.807, 2.05) is 6.07 Å². The average Bonchev–Trinajstić information content (AvgIpc) is 3.43. The zero-order valence-corrected chi connectivity index (χ0v) is 16.9. The highest BCUT2D eigenvalue weighted by atomic mass is 16.3. The van der Waals surface area contributed by atoms with Gasteiger partial charge in [-0.15, -0.1) is 0 Å². The molecule has 0 atom stereocenters. The molecule has 0 aliphatic heterocycles. The molecule has 1 N–H and O–H groups in total. The van der Waals surface area contributed by atoms with Crippen LogP contribution in [0.3, 0.4) is 0 Å². The first-order valence-electron chi connectivity index (χ1n) is 10.4. The quantitative estimate of drug-likeness (QED) is 0.475. The number of Topliss-reactive ketones (excluding diaryl/α,β-unsaturated/α-hetero) is 1. The van der Waals surface area contributed by atoms with Gasteiger partial charge in [-0.3, -0.25) is 4.79 Å². The first-order valence-corrected chi connectivity index (χ1v) is 10.4. The fourth-order valence-electron chi connectivity index (χ4n) is 4.52. The van der Waals surface area contributed by atoms with Crippen molar-refractivity contribution in [2.75, 3.05) is 6.54 Å². The Kier molecular flexibility index (Phi) is 4.47. The van der Waals surface area contributed by atoms with E-state index in [-0.39, 0.29) is 5.78 Å². The van der Waals surface area contributed by atoms with Gasteiger partial charge in [0.2, 0.25) is 5.89 Å². The van der Waals surface area contributed by atoms with Crippen LogP contribution in [0.15, 0.2) is 47.2 Å². The van der Waals surface area contributed by atoms with Gasteiger partial charge in [0.25, 0.3) is 0 Å². The SMILES string of the molecule is CC(C)NCCCn1c2ccc(-c3ncco3)cc2c2c3c(ccc21)C(=O)CC3. The molecule has 5 heteroatoms. The summed E-state index contributed by atoms with van der Waals surface area (Å²) in [6, 6.07) is 11.0. The van der Waals surface area contributed by atoms with Gasteiger partial charge in [0.05, 0.1) is 6.20 Å². The predicted octanol–water partition coefficient (Wildman–Crippen LogP) is 4.97. The predicted molar refractivity (Wildman–Crippen MR) is 115 cm³/mol. The zero-order valence-electron chi connectivity index (χ0n) is 16.9. The number of nitrogens with zero attached hydrogens (tertiary/aromatic N) is 2. The van der Waals surface area contributed by atoms with Crippen molar-refractivity contribution in [3.05, 3.63) is 53.9 Å². The zero-order chi connectivity index (χ0) is 20.0. The van der Waals surface area contributed by atoms with Crippen LogP contribution in [0.25, 0.3) is 33.3 Å². The Morgan fingerprint density at radius 1 is 1.17 bits per heavy atom. The normalized spacial score (nSPS) is 13.8. The summed E-state index contributed by atoms with van der Waals surface area (Å²) in [7, 11) is 0. The number of ketones is 1. The van der Waals surface area contributed by atoms with Crippen LogP contribution >= 0.6 is 0 Å². The van der Waals surface area contributed by atoms with Crippen LogP contribution in [0.4, 0.5) is 0 Å². The van der Waals surface area contributed by atoms with Crippen molar-refractivity contribution in [2.45, 2.75) is 45.7 Å². The molecule has 0 spiro atoms. The van der Waals surface area contributed by atoms with Gasteiger partial charge in [-0.2, -0.15) is 0 Å². The van der Waals surface area contributed by atoms with Gasteiger partial charge in [0, 0.05) is 51.9 Å². The maximum atomic E-state index is 12.3. The number of oxazole rings is 1. The lowest BCUT2D eigenvalue weighted by Gasteiger charge is -2.11. The minimum atomic E-state index is 0.257. The fraction of sp³-hybridized carbons (Fsp3) is 0.333. The van der Waals surface area contributed by atoms with E-state index in [0.29, 0.717) is 18.4 Å². The first-order chi connectivity index (χ1) is 14.1. The number of hydrogen-bond donors (Lipinski definition) is 1. The van der Waals surface area contributed by atoms with Crippen molar-refractivity contribution in [1.29, 1.82) is 0 Å². The van der Waals surface area contributed by atoms with E-state index in [1.165, 1.54) is 27.4 Å². The summed E-state index contributed by atoms with van der Waals surface area (Å²) in [5, 5.41) is 5.90. The molecule has 1 aliphatic rings. The van der Waals surface area contributed by atoms with E-state index in [2.05, 4.69) is 53.0 Å². The molecule has 0 radical (unpaired) electrons. The third kappa shape index (κ3) is 3.06. The number of fused-ring (bicyclic) bond motifs is 5. The number of hydrogen-bond acceptors (Lipinski definition) is 4. The van der Waals surface area contributed by atoms with Crippen LogP contribution in [-0.4, -0.2) is 27.9 Å². The van der Waals surface area contributed by atoms with Gasteiger partial charge < -0.3 is 14.3 Å². The van der Waals surface area contributed by atoms with Crippen LogP contribution in [-0.2, 0) is 13.0 Å². The Morgan fingerprint density at radius 2 is 2.03 bits per heavy atom. The maximum Gasteiger partial charge on any atom is 0.225 e. The number of rotatable bonds is 6. The van der Waals surface area contributed by atoms with E-state index in [4.69, 9.17) is 4.42 Å². The standard InChI is InChI=1S/C24H25N3O2/c1-15(2)25-10-3-12-27-20-7-4-16(24-26-11-13-29-24)14-19(20)23-18-6-9-22(28)17(18)5-8-21(23)27/h4-5,7-8,11,13-15,25H,3,6,9-10,12H2,1-2H3. The molecule has 0 saturated carbocycles. The van der Waals surface area contributed by atoms with Crippen LogP contribution < -0.4 is 5.32 Å². The summed E-state index contributed by atoms with van der Waals surface area (Å²) in [5.41, 5.74) is 5.46. The topological polar surface area (TPSA) is 60.1 Å². The highest BCUT2D eigenvalue weighted by Crippen LogP contribution is 2.38. The van der Waals surface area contributed by atoms with Gasteiger partial charge in [-0.05, 0) is 55.3 Å². The molecular weight excluding hydrogens is 362 g/mol. The Hall–Kier alpha value is -2.92. The number of carbonyl (C=O) groups is 1. The third-order valence-corrected chi connectivity index (χ3v) is 5.83. The van der Waals surface area contributed by atoms with Crippen molar-refractivity contribution in [1.82, 2.24) is 14.9 Å². The molecule has 0 fully saturated rings. The van der Waals surface area contributed by atoms with E-state index in [9.17, 15) is 4.79 Å². The lowest BCUT2D eigenvalue weighted by molar-refractivity contribution is 0.0994. The van der Waals surface area contributed by atoms with Crippen molar-refractivity contribution >= 4 is 27.6 Å². The van der Waals surface area contributed by atoms with Gasteiger partial charge in [-0.1, -0.05) is 13.8 Å². The second kappa shape index (κ2) is 7.16. The number of aromatic nitrogens is 2. The largest absolute Gasteiger partial charge is 0.445 e. The Balaban J connectivity index is 1.68. The van der Waals surface area contributed by atoms with Crippen molar-refractivity contribution in [2.24, 2.45) is 0 Å². The number of nitrogens with one attached hydrogen (secondary N) is 1. The Labute approximate surface area is 169 Å². The number of benzene rings is 2. The molecule has 1 aliphatic carbocycles. The second-order valence-corrected chi connectivity index (χ2v) is 8.09. The van der Waals surface area contributed by atoms with Crippen molar-refractivity contribution < 1.29 is 9.21 Å². The third-order valence-electron chi connectivity index (χ3n) is 5.83. The molecule has 5 nitrogen and oxygen atoms in total. The minimum absolute atomic E-state index is 0.257. The van der Waals surface area contributed by atoms with E-state index in [0.717, 1.165) is 37.1 Å². The first kappa shape index (κ1) is 18.1. The number of aryl methyl sites for hydroxylation is 2. The molecule has 5 rings (SSSR count). The molecular formula is C24H25N3O2. The average molecular weight is 387 g/mol. The summed E-state index contributed by atoms with van der Waals surface area (Å²) in [6.45, 7) is 6.26. The molecule has 0 unspecified atom stereocenters. The van der Waals surface area contributed by atoms with Crippen molar-refractivity contribution in [3.8, 4) is 11.5 Å². The Morgan fingerprint density at radius 3 is 2.83 bits per heavy atom. The monoisotopic (exact) mass is 387 g/mol. The van der Waals surface area contributed by atoms with Gasteiger partial charge in [-0.25, -0.2) is 4.98 Å². The van der Waals surface area contributed by atoms with E-state index in [1.54, 1.807) is 12.5 Å². The molecule has 2 heterocycles. The van der Waals surface area contributed by atoms with E-state index >= 15 is 0 Å². The highest BCUT2D eigenvalue weighted by molar-refractivity contribution is 6.15. The van der Waals surface area contributed by atoms with Gasteiger partial charge in [0.1, 0.15) is 6.26 Å². The maximum absolute atomic E-state index is 12.3. The molecule has 0 amide bonds. The van der Waals surface area contributed by atoms with E-state index < -0.39 is 0 Å². The van der Waals surface area contributed by atoms with Crippen molar-refractivity contribution in [3.63, 3.8) is 0 Å². The molecule has 2 aromatic carbocycles. The summed E-state index contributed by atoms with van der Waals surface area (Å²) in [4.78, 5) is 16.6. The summed E-state index contributed by atoms with van der Waals surface area (Å²) in [6.07, 6.45) is 5.75. The minimum Gasteiger partial charge on any atom is -0.445 e. The molecule has 0 bridgehead atoms. The lowest BCUT2D eigenvalue weighted by Crippen LogP contribution is -2.24. The molecule has 29 heavy (non-hydrogen) atoms. The van der Waals surface area contributed by atoms with Crippen LogP contribution in [0, 0.1) is 0 Å². The summed E-state index contributed by atoms with van der Waals surface area (Å²) >= 11 is 0. The molecule has 0 saturated heterocycles. The van der Waals surface area contributed by atoms with Crippen LogP contribution in [0.1, 0.15) is 42.6 Å². The number of carbonyl (C=O) groups excluding carboxylic acids is 1. The van der Waals surface area contributed by atoms with Gasteiger partial charge in [0.15, 0.2) is 5.78 Å². The molecule has 2 aromatic heterocycles.